The fourth-order valence-corrected chi connectivity index (χ4v) is 4.54. The number of aromatic nitrogens is 2. The molecule has 0 aliphatic rings. The van der Waals surface area contributed by atoms with E-state index in [2.05, 4.69) is 9.88 Å². The fourth-order valence-electron chi connectivity index (χ4n) is 3.55. The van der Waals surface area contributed by atoms with E-state index in [1.807, 2.05) is 55.6 Å². The molecule has 32 heavy (non-hydrogen) atoms. The monoisotopic (exact) mass is 451 g/mol. The molecule has 7 nitrogen and oxygen atoms in total. The lowest BCUT2D eigenvalue weighted by molar-refractivity contribution is 0.302. The van der Waals surface area contributed by atoms with E-state index in [-0.39, 0.29) is 5.56 Å². The Kier molecular flexibility index (Phi) is 6.43. The average Bonchev–Trinajstić information content (AvgIpc) is 3.24. The number of hydrogen-bond acceptors (Lipinski definition) is 7. The van der Waals surface area contributed by atoms with Crippen LogP contribution in [0, 0.1) is 0 Å². The molecular formula is C24H25N3O4S. The predicted octanol–water partition coefficient (Wildman–Crippen LogP) is 4.31. The molecule has 0 radical (unpaired) electrons. The first-order chi connectivity index (χ1) is 15.5. The largest absolute Gasteiger partial charge is 0.497 e. The van der Waals surface area contributed by atoms with Crippen molar-refractivity contribution in [1.29, 1.82) is 0 Å². The molecule has 4 aromatic rings. The van der Waals surface area contributed by atoms with Gasteiger partial charge in [0.05, 0.1) is 33.4 Å². The lowest BCUT2D eigenvalue weighted by atomic mass is 10.1. The van der Waals surface area contributed by atoms with Crippen molar-refractivity contribution in [2.45, 2.75) is 13.1 Å². The SMILES string of the molecule is COc1ccc(-c2cc3nc(CN(C)Cc4ccc(OC)cc4OC)[nH]c(=O)c3s2)cc1. The highest BCUT2D eigenvalue weighted by molar-refractivity contribution is 7.22. The summed E-state index contributed by atoms with van der Waals surface area (Å²) in [7, 11) is 6.89. The molecule has 2 aromatic heterocycles. The Morgan fingerprint density at radius 2 is 1.66 bits per heavy atom. The number of methoxy groups -OCH3 is 3. The molecular weight excluding hydrogens is 426 g/mol. The molecule has 0 aliphatic carbocycles. The van der Waals surface area contributed by atoms with Crippen LogP contribution in [-0.2, 0) is 13.1 Å². The highest BCUT2D eigenvalue weighted by Gasteiger charge is 2.13. The minimum atomic E-state index is -0.120. The van der Waals surface area contributed by atoms with Crippen molar-refractivity contribution in [3.8, 4) is 27.7 Å². The van der Waals surface area contributed by atoms with Crippen LogP contribution < -0.4 is 19.8 Å². The molecule has 0 fully saturated rings. The molecule has 0 saturated carbocycles. The number of rotatable bonds is 8. The number of aromatic amines is 1. The second kappa shape index (κ2) is 9.42. The summed E-state index contributed by atoms with van der Waals surface area (Å²) in [4.78, 5) is 23.4. The summed E-state index contributed by atoms with van der Waals surface area (Å²) in [5.41, 5.74) is 2.63. The van der Waals surface area contributed by atoms with E-state index >= 15 is 0 Å². The second-order valence-electron chi connectivity index (χ2n) is 7.42. The molecule has 0 atom stereocenters. The van der Waals surface area contributed by atoms with E-state index < -0.39 is 0 Å². The Morgan fingerprint density at radius 3 is 2.34 bits per heavy atom. The first-order valence-corrected chi connectivity index (χ1v) is 10.9. The van der Waals surface area contributed by atoms with Crippen LogP contribution in [0.4, 0.5) is 0 Å². The van der Waals surface area contributed by atoms with Gasteiger partial charge >= 0.3 is 0 Å². The standard InChI is InChI=1S/C24H25N3O4S/c1-27(13-16-7-10-18(30-3)11-20(16)31-4)14-22-25-19-12-21(32-23(19)24(28)26-22)15-5-8-17(29-2)9-6-15/h5-12H,13-14H2,1-4H3,(H,25,26,28). The Hall–Kier alpha value is -3.36. The highest BCUT2D eigenvalue weighted by atomic mass is 32.1. The molecule has 2 aromatic carbocycles. The number of thiophene rings is 1. The van der Waals surface area contributed by atoms with Crippen molar-refractivity contribution in [2.24, 2.45) is 0 Å². The number of hydrogen-bond donors (Lipinski definition) is 1. The van der Waals surface area contributed by atoms with Gasteiger partial charge in [-0.25, -0.2) is 4.98 Å². The zero-order valence-corrected chi connectivity index (χ0v) is 19.3. The Bertz CT molecular complexity index is 1280. The van der Waals surface area contributed by atoms with Crippen LogP contribution in [0.2, 0.25) is 0 Å². The van der Waals surface area contributed by atoms with Gasteiger partial charge in [0.1, 0.15) is 27.8 Å². The van der Waals surface area contributed by atoms with Crippen LogP contribution >= 0.6 is 11.3 Å². The van der Waals surface area contributed by atoms with Crippen LogP contribution in [0.15, 0.2) is 53.3 Å². The number of nitrogens with zero attached hydrogens (tertiary/aromatic N) is 2. The van der Waals surface area contributed by atoms with Gasteiger partial charge in [-0.15, -0.1) is 11.3 Å². The molecule has 0 bridgehead atoms. The topological polar surface area (TPSA) is 76.7 Å². The number of benzene rings is 2. The number of ether oxygens (including phenoxy) is 3. The van der Waals surface area contributed by atoms with Crippen molar-refractivity contribution in [3.05, 3.63) is 70.3 Å². The van der Waals surface area contributed by atoms with E-state index in [9.17, 15) is 4.79 Å². The third-order valence-electron chi connectivity index (χ3n) is 5.16. The summed E-state index contributed by atoms with van der Waals surface area (Å²) in [6.07, 6.45) is 0. The van der Waals surface area contributed by atoms with Gasteiger partial charge in [0.2, 0.25) is 0 Å². The normalized spacial score (nSPS) is 11.2. The van der Waals surface area contributed by atoms with Gasteiger partial charge < -0.3 is 19.2 Å². The van der Waals surface area contributed by atoms with Gasteiger partial charge in [-0.2, -0.15) is 0 Å². The van der Waals surface area contributed by atoms with Gasteiger partial charge in [-0.3, -0.25) is 9.69 Å². The lowest BCUT2D eigenvalue weighted by Crippen LogP contribution is -2.21. The summed E-state index contributed by atoms with van der Waals surface area (Å²) in [6, 6.07) is 15.5. The number of nitrogens with one attached hydrogen (secondary N) is 1. The third-order valence-corrected chi connectivity index (χ3v) is 6.33. The maximum Gasteiger partial charge on any atom is 0.268 e. The van der Waals surface area contributed by atoms with E-state index in [1.165, 1.54) is 11.3 Å². The second-order valence-corrected chi connectivity index (χ2v) is 8.47. The minimum absolute atomic E-state index is 0.120. The Labute approximate surface area is 190 Å². The number of fused-ring (bicyclic) bond motifs is 1. The molecule has 2 heterocycles. The van der Waals surface area contributed by atoms with E-state index in [0.29, 0.717) is 29.1 Å². The molecule has 0 unspecified atom stereocenters. The molecule has 166 valence electrons. The van der Waals surface area contributed by atoms with Crippen LogP contribution in [0.1, 0.15) is 11.4 Å². The van der Waals surface area contributed by atoms with Gasteiger partial charge in [0.25, 0.3) is 5.56 Å². The van der Waals surface area contributed by atoms with Crippen molar-refractivity contribution < 1.29 is 14.2 Å². The summed E-state index contributed by atoms with van der Waals surface area (Å²) in [5, 5.41) is 0. The first kappa shape index (κ1) is 21.9. The summed E-state index contributed by atoms with van der Waals surface area (Å²) in [6.45, 7) is 1.13. The van der Waals surface area contributed by atoms with Crippen molar-refractivity contribution >= 4 is 21.6 Å². The maximum atomic E-state index is 12.7. The molecule has 0 amide bonds. The quantitative estimate of drug-likeness (QED) is 0.430. The highest BCUT2D eigenvalue weighted by Crippen LogP contribution is 2.32. The Morgan fingerprint density at radius 1 is 0.938 bits per heavy atom. The molecule has 0 aliphatic heterocycles. The van der Waals surface area contributed by atoms with Crippen LogP contribution in [-0.4, -0.2) is 43.2 Å². The van der Waals surface area contributed by atoms with Gasteiger partial charge in [0, 0.05) is 23.1 Å². The Balaban J connectivity index is 1.55. The zero-order valence-electron chi connectivity index (χ0n) is 18.5. The van der Waals surface area contributed by atoms with Gasteiger partial charge in [-0.1, -0.05) is 6.07 Å². The van der Waals surface area contributed by atoms with Crippen molar-refractivity contribution in [3.63, 3.8) is 0 Å². The lowest BCUT2D eigenvalue weighted by Gasteiger charge is -2.18. The first-order valence-electron chi connectivity index (χ1n) is 10.1. The van der Waals surface area contributed by atoms with E-state index in [1.54, 1.807) is 21.3 Å². The maximum absolute atomic E-state index is 12.7. The van der Waals surface area contributed by atoms with Gasteiger partial charge in [0.15, 0.2) is 0 Å². The van der Waals surface area contributed by atoms with Crippen LogP contribution in [0.5, 0.6) is 17.2 Å². The van der Waals surface area contributed by atoms with Gasteiger partial charge in [-0.05, 0) is 49.0 Å². The van der Waals surface area contributed by atoms with Crippen LogP contribution in [0.25, 0.3) is 20.7 Å². The molecule has 0 spiro atoms. The summed E-state index contributed by atoms with van der Waals surface area (Å²) < 4.78 is 16.6. The van der Waals surface area contributed by atoms with E-state index in [4.69, 9.17) is 19.2 Å². The number of H-pyrrole nitrogens is 1. The molecule has 1 N–H and O–H groups in total. The summed E-state index contributed by atoms with van der Waals surface area (Å²) in [5.74, 6) is 2.92. The molecule has 8 heteroatoms. The summed E-state index contributed by atoms with van der Waals surface area (Å²) >= 11 is 1.44. The molecule has 0 saturated heterocycles. The predicted molar refractivity (Wildman–Crippen MR) is 127 cm³/mol. The average molecular weight is 452 g/mol. The molecule has 4 rings (SSSR count). The van der Waals surface area contributed by atoms with Crippen LogP contribution in [0.3, 0.4) is 0 Å². The zero-order chi connectivity index (χ0) is 22.7. The van der Waals surface area contributed by atoms with Crippen molar-refractivity contribution in [1.82, 2.24) is 14.9 Å². The van der Waals surface area contributed by atoms with Crippen molar-refractivity contribution in [2.75, 3.05) is 28.4 Å². The fraction of sp³-hybridized carbons (Fsp3) is 0.250. The smallest absolute Gasteiger partial charge is 0.268 e. The van der Waals surface area contributed by atoms with E-state index in [0.717, 1.165) is 33.3 Å². The third kappa shape index (κ3) is 4.61. The minimum Gasteiger partial charge on any atom is -0.497 e.